The summed E-state index contributed by atoms with van der Waals surface area (Å²) in [5.41, 5.74) is 3.89. The molecule has 7 heteroatoms. The highest BCUT2D eigenvalue weighted by atomic mass is 16.5. The zero-order valence-corrected chi connectivity index (χ0v) is 18.3. The highest BCUT2D eigenvalue weighted by Crippen LogP contribution is 2.41. The number of nitrogens with one attached hydrogen (secondary N) is 1. The number of unbranched alkanes of at least 4 members (excludes halogenated alkanes) is 1. The highest BCUT2D eigenvalue weighted by Gasteiger charge is 2.35. The third-order valence-corrected chi connectivity index (χ3v) is 5.49. The van der Waals surface area contributed by atoms with Gasteiger partial charge >= 0.3 is 5.97 Å². The van der Waals surface area contributed by atoms with Crippen LogP contribution in [0, 0.1) is 0 Å². The molecule has 3 aromatic rings. The normalized spacial score (nSPS) is 15.4. The van der Waals surface area contributed by atoms with Gasteiger partial charge in [-0.1, -0.05) is 31.5 Å². The first-order chi connectivity index (χ1) is 15.1. The fourth-order valence-corrected chi connectivity index (χ4v) is 3.95. The number of para-hydroxylation sites is 2. The van der Waals surface area contributed by atoms with Crippen molar-refractivity contribution in [3.63, 3.8) is 0 Å². The van der Waals surface area contributed by atoms with E-state index in [1.807, 2.05) is 54.0 Å². The summed E-state index contributed by atoms with van der Waals surface area (Å²) in [5, 5.41) is 3.26. The van der Waals surface area contributed by atoms with E-state index in [9.17, 15) is 4.79 Å². The zero-order valence-electron chi connectivity index (χ0n) is 18.3. The van der Waals surface area contributed by atoms with Crippen molar-refractivity contribution in [3.8, 4) is 11.5 Å². The van der Waals surface area contributed by atoms with Crippen molar-refractivity contribution in [3.05, 3.63) is 59.3 Å². The Morgan fingerprint density at radius 1 is 1.16 bits per heavy atom. The van der Waals surface area contributed by atoms with E-state index in [0.29, 0.717) is 35.3 Å². The number of hydrogen-bond acceptors (Lipinski definition) is 6. The summed E-state index contributed by atoms with van der Waals surface area (Å²) < 4.78 is 18.7. The average Bonchev–Trinajstić information content (AvgIpc) is 3.15. The molecule has 0 fully saturated rings. The second kappa shape index (κ2) is 8.71. The topological polar surface area (TPSA) is 74.6 Å². The van der Waals surface area contributed by atoms with Gasteiger partial charge in [-0.2, -0.15) is 0 Å². The molecule has 0 saturated carbocycles. The molecule has 2 heterocycles. The number of aromatic nitrogens is 2. The maximum atomic E-state index is 12.8. The summed E-state index contributed by atoms with van der Waals surface area (Å²) in [4.78, 5) is 17.5. The van der Waals surface area contributed by atoms with Gasteiger partial charge in [0.2, 0.25) is 5.95 Å². The lowest BCUT2D eigenvalue weighted by Gasteiger charge is -2.30. The van der Waals surface area contributed by atoms with Gasteiger partial charge in [0, 0.05) is 5.70 Å². The Morgan fingerprint density at radius 2 is 1.97 bits per heavy atom. The summed E-state index contributed by atoms with van der Waals surface area (Å²) >= 11 is 0. The lowest BCUT2D eigenvalue weighted by molar-refractivity contribution is -0.136. The highest BCUT2D eigenvalue weighted by molar-refractivity contribution is 5.94. The van der Waals surface area contributed by atoms with Gasteiger partial charge in [-0.25, -0.2) is 9.78 Å². The van der Waals surface area contributed by atoms with Crippen LogP contribution in [0.2, 0.25) is 0 Å². The molecule has 7 nitrogen and oxygen atoms in total. The molecule has 1 aliphatic heterocycles. The predicted molar refractivity (Wildman–Crippen MR) is 120 cm³/mol. The van der Waals surface area contributed by atoms with Crippen molar-refractivity contribution in [1.29, 1.82) is 0 Å². The minimum atomic E-state index is -0.422. The van der Waals surface area contributed by atoms with Gasteiger partial charge in [0.25, 0.3) is 0 Å². The fourth-order valence-electron chi connectivity index (χ4n) is 3.95. The van der Waals surface area contributed by atoms with E-state index in [-0.39, 0.29) is 5.97 Å². The Kier molecular flexibility index (Phi) is 5.84. The van der Waals surface area contributed by atoms with Gasteiger partial charge in [-0.3, -0.25) is 4.57 Å². The van der Waals surface area contributed by atoms with Crippen LogP contribution in [0.5, 0.6) is 11.5 Å². The van der Waals surface area contributed by atoms with E-state index in [0.717, 1.165) is 29.4 Å². The van der Waals surface area contributed by atoms with Gasteiger partial charge in [0.1, 0.15) is 0 Å². The standard InChI is InChI=1S/C24H27N3O4/c1-5-6-13-31-19-12-11-16(14-20(19)29-3)22-21(23(28)30-4)15(2)25-24-26-17-9-7-8-10-18(17)27(22)24/h7-12,14,22H,5-6,13H2,1-4H3,(H,25,26). The number of fused-ring (bicyclic) bond motifs is 3. The number of carbonyl (C=O) groups excluding carboxylic acids is 1. The van der Waals surface area contributed by atoms with Crippen LogP contribution in [0.25, 0.3) is 11.0 Å². The third-order valence-electron chi connectivity index (χ3n) is 5.49. The zero-order chi connectivity index (χ0) is 22.0. The first kappa shape index (κ1) is 20.8. The maximum absolute atomic E-state index is 12.8. The molecule has 0 aliphatic carbocycles. The monoisotopic (exact) mass is 421 g/mol. The summed E-state index contributed by atoms with van der Waals surface area (Å²) in [7, 11) is 3.01. The molecule has 162 valence electrons. The number of anilines is 1. The molecule has 4 rings (SSSR count). The smallest absolute Gasteiger partial charge is 0.337 e. The van der Waals surface area contributed by atoms with E-state index >= 15 is 0 Å². The molecule has 2 aromatic carbocycles. The molecule has 0 saturated heterocycles. The van der Waals surface area contributed by atoms with Gasteiger partial charge < -0.3 is 19.5 Å². The summed E-state index contributed by atoms with van der Waals surface area (Å²) in [5.74, 6) is 1.60. The lowest BCUT2D eigenvalue weighted by atomic mass is 9.94. The number of benzene rings is 2. The molecular weight excluding hydrogens is 394 g/mol. The van der Waals surface area contributed by atoms with Crippen LogP contribution in [-0.4, -0.2) is 36.3 Å². The van der Waals surface area contributed by atoms with Gasteiger partial charge in [-0.05, 0) is 43.2 Å². The van der Waals surface area contributed by atoms with Crippen LogP contribution in [-0.2, 0) is 9.53 Å². The van der Waals surface area contributed by atoms with Gasteiger partial charge in [0.05, 0.1) is 43.5 Å². The minimum absolute atomic E-state index is 0.388. The summed E-state index contributed by atoms with van der Waals surface area (Å²) in [6.07, 6.45) is 2.02. The number of carbonyl (C=O) groups is 1. The van der Waals surface area contributed by atoms with E-state index in [1.165, 1.54) is 7.11 Å². The molecular formula is C24H27N3O4. The van der Waals surface area contributed by atoms with Crippen LogP contribution >= 0.6 is 0 Å². The molecule has 0 amide bonds. The fraction of sp³-hybridized carbons (Fsp3) is 0.333. The lowest BCUT2D eigenvalue weighted by Crippen LogP contribution is -2.28. The van der Waals surface area contributed by atoms with Crippen molar-refractivity contribution in [2.45, 2.75) is 32.7 Å². The Balaban J connectivity index is 1.87. The van der Waals surface area contributed by atoms with E-state index in [2.05, 4.69) is 12.2 Å². The average molecular weight is 421 g/mol. The van der Waals surface area contributed by atoms with E-state index in [1.54, 1.807) is 7.11 Å². The van der Waals surface area contributed by atoms with Crippen molar-refractivity contribution >= 4 is 23.0 Å². The SMILES string of the molecule is CCCCOc1ccc(C2C(C(=O)OC)=C(C)Nc3nc4ccccc4n32)cc1OC. The van der Waals surface area contributed by atoms with Crippen molar-refractivity contribution < 1.29 is 19.0 Å². The molecule has 0 bridgehead atoms. The number of hydrogen-bond donors (Lipinski definition) is 1. The number of ether oxygens (including phenoxy) is 3. The number of allylic oxidation sites excluding steroid dienone is 1. The maximum Gasteiger partial charge on any atom is 0.337 e. The molecule has 0 spiro atoms. The molecule has 1 atom stereocenters. The van der Waals surface area contributed by atoms with Crippen molar-refractivity contribution in [1.82, 2.24) is 9.55 Å². The predicted octanol–water partition coefficient (Wildman–Crippen LogP) is 4.69. The Hall–Kier alpha value is -3.48. The Labute approximate surface area is 181 Å². The third kappa shape index (κ3) is 3.71. The first-order valence-electron chi connectivity index (χ1n) is 10.4. The number of nitrogens with zero attached hydrogens (tertiary/aromatic N) is 2. The molecule has 1 unspecified atom stereocenters. The first-order valence-corrected chi connectivity index (χ1v) is 10.4. The Morgan fingerprint density at radius 3 is 2.71 bits per heavy atom. The largest absolute Gasteiger partial charge is 0.493 e. The molecule has 31 heavy (non-hydrogen) atoms. The van der Waals surface area contributed by atoms with Gasteiger partial charge in [-0.15, -0.1) is 0 Å². The number of rotatable bonds is 7. The quantitative estimate of drug-likeness (QED) is 0.441. The van der Waals surface area contributed by atoms with Crippen molar-refractivity contribution in [2.75, 3.05) is 26.1 Å². The van der Waals surface area contributed by atoms with Crippen LogP contribution in [0.1, 0.15) is 38.3 Å². The second-order valence-electron chi connectivity index (χ2n) is 7.46. The summed E-state index contributed by atoms with van der Waals surface area (Å²) in [6, 6.07) is 13.2. The number of methoxy groups -OCH3 is 2. The molecule has 1 aromatic heterocycles. The minimum Gasteiger partial charge on any atom is -0.493 e. The summed E-state index contributed by atoms with van der Waals surface area (Å²) in [6.45, 7) is 4.61. The Bertz CT molecular complexity index is 1150. The van der Waals surface area contributed by atoms with Crippen molar-refractivity contribution in [2.24, 2.45) is 0 Å². The van der Waals surface area contributed by atoms with Crippen LogP contribution in [0.15, 0.2) is 53.7 Å². The van der Waals surface area contributed by atoms with Crippen LogP contribution in [0.4, 0.5) is 5.95 Å². The van der Waals surface area contributed by atoms with Crippen LogP contribution in [0.3, 0.4) is 0 Å². The second-order valence-corrected chi connectivity index (χ2v) is 7.46. The molecule has 0 radical (unpaired) electrons. The molecule has 1 aliphatic rings. The molecule has 1 N–H and O–H groups in total. The number of esters is 1. The van der Waals surface area contributed by atoms with Gasteiger partial charge in [0.15, 0.2) is 11.5 Å². The van der Waals surface area contributed by atoms with E-state index < -0.39 is 6.04 Å². The number of imidazole rings is 1. The van der Waals surface area contributed by atoms with E-state index in [4.69, 9.17) is 19.2 Å². The van der Waals surface area contributed by atoms with Crippen LogP contribution < -0.4 is 14.8 Å².